The molecule has 8 nitrogen and oxygen atoms in total. The van der Waals surface area contributed by atoms with Crippen LogP contribution in [0.15, 0.2) is 42.7 Å². The summed E-state index contributed by atoms with van der Waals surface area (Å²) < 4.78 is 50.5. The highest BCUT2D eigenvalue weighted by Gasteiger charge is 2.43. The Morgan fingerprint density at radius 1 is 1.05 bits per heavy atom. The maximum absolute atomic E-state index is 15.2. The molecule has 0 unspecified atom stereocenters. The second kappa shape index (κ2) is 11.1. The van der Waals surface area contributed by atoms with Crippen molar-refractivity contribution in [3.8, 4) is 11.3 Å². The third-order valence-electron chi connectivity index (χ3n) is 8.58. The first-order chi connectivity index (χ1) is 19.4. The maximum Gasteiger partial charge on any atom is 0.274 e. The topological polar surface area (TPSA) is 125 Å². The lowest BCUT2D eigenvalue weighted by atomic mass is 9.69. The van der Waals surface area contributed by atoms with Gasteiger partial charge in [0.2, 0.25) is 0 Å². The molecule has 1 saturated carbocycles. The molecule has 1 aromatic carbocycles. The predicted molar refractivity (Wildman–Crippen MR) is 143 cm³/mol. The normalized spacial score (nSPS) is 26.0. The van der Waals surface area contributed by atoms with Crippen molar-refractivity contribution >= 4 is 11.6 Å². The molecule has 0 radical (unpaired) electrons. The molecule has 2 fully saturated rings. The number of aromatic nitrogens is 2. The number of rotatable bonds is 5. The number of nitrogens with one attached hydrogen (secondary N) is 1. The number of hydrogen-bond acceptors (Lipinski definition) is 7. The quantitative estimate of drug-likeness (QED) is 0.357. The molecular formula is C30H32F3N3O5. The van der Waals surface area contributed by atoms with Crippen molar-refractivity contribution in [2.75, 3.05) is 18.5 Å². The molecule has 1 aliphatic heterocycles. The van der Waals surface area contributed by atoms with Crippen LogP contribution in [0.4, 0.5) is 18.9 Å². The molecule has 3 aromatic rings. The Morgan fingerprint density at radius 3 is 2.39 bits per heavy atom. The molecule has 4 atom stereocenters. The fourth-order valence-corrected chi connectivity index (χ4v) is 5.71. The zero-order chi connectivity index (χ0) is 29.5. The minimum atomic E-state index is -1.48. The summed E-state index contributed by atoms with van der Waals surface area (Å²) in [5.74, 6) is -4.46. The van der Waals surface area contributed by atoms with Gasteiger partial charge in [-0.2, -0.15) is 0 Å². The Morgan fingerprint density at radius 2 is 1.73 bits per heavy atom. The summed E-state index contributed by atoms with van der Waals surface area (Å²) in [5.41, 5.74) is -3.41. The number of hydrogen-bond donors (Lipinski definition) is 4. The molecular weight excluding hydrogens is 539 g/mol. The smallest absolute Gasteiger partial charge is 0.274 e. The summed E-state index contributed by atoms with van der Waals surface area (Å²) in [5, 5.41) is 34.6. The second-order valence-corrected chi connectivity index (χ2v) is 11.2. The Labute approximate surface area is 235 Å². The van der Waals surface area contributed by atoms with Gasteiger partial charge in [-0.15, -0.1) is 0 Å². The average molecular weight is 572 g/mol. The highest BCUT2D eigenvalue weighted by molar-refractivity contribution is 6.03. The summed E-state index contributed by atoms with van der Waals surface area (Å²) in [7, 11) is 0. The molecule has 1 saturated heterocycles. The number of halogens is 3. The first-order valence-corrected chi connectivity index (χ1v) is 13.5. The Kier molecular flexibility index (Phi) is 7.90. The van der Waals surface area contributed by atoms with Crippen LogP contribution in [0.5, 0.6) is 0 Å². The van der Waals surface area contributed by atoms with Gasteiger partial charge in [0.05, 0.1) is 34.8 Å². The fourth-order valence-electron chi connectivity index (χ4n) is 5.71. The molecule has 0 bridgehead atoms. The average Bonchev–Trinajstić information content (AvgIpc) is 2.93. The minimum Gasteiger partial charge on any atom is -0.390 e. The van der Waals surface area contributed by atoms with Gasteiger partial charge in [-0.1, -0.05) is 6.92 Å². The van der Waals surface area contributed by atoms with E-state index in [1.807, 2.05) is 6.92 Å². The lowest BCUT2D eigenvalue weighted by Crippen LogP contribution is -2.49. The highest BCUT2D eigenvalue weighted by atomic mass is 19.1. The molecule has 41 heavy (non-hydrogen) atoms. The van der Waals surface area contributed by atoms with Crippen LogP contribution in [-0.2, 0) is 10.3 Å². The number of pyridine rings is 2. The largest absolute Gasteiger partial charge is 0.390 e. The molecule has 11 heteroatoms. The minimum absolute atomic E-state index is 0.0154. The molecule has 1 aliphatic carbocycles. The molecule has 2 aliphatic rings. The first kappa shape index (κ1) is 29.1. The van der Waals surface area contributed by atoms with Gasteiger partial charge in [0.25, 0.3) is 5.91 Å². The van der Waals surface area contributed by atoms with Crippen molar-refractivity contribution in [2.24, 2.45) is 5.92 Å². The van der Waals surface area contributed by atoms with E-state index < -0.39 is 51.9 Å². The van der Waals surface area contributed by atoms with E-state index in [0.717, 1.165) is 24.3 Å². The summed E-state index contributed by atoms with van der Waals surface area (Å²) in [6.45, 7) is 3.90. The van der Waals surface area contributed by atoms with E-state index in [1.54, 1.807) is 19.2 Å². The van der Waals surface area contributed by atoms with Crippen molar-refractivity contribution in [1.82, 2.24) is 9.97 Å². The van der Waals surface area contributed by atoms with E-state index in [1.165, 1.54) is 6.20 Å². The second-order valence-electron chi connectivity index (χ2n) is 11.2. The van der Waals surface area contributed by atoms with Gasteiger partial charge in [0.1, 0.15) is 28.8 Å². The number of anilines is 1. The number of benzene rings is 1. The van der Waals surface area contributed by atoms with Gasteiger partial charge < -0.3 is 25.4 Å². The summed E-state index contributed by atoms with van der Waals surface area (Å²) >= 11 is 0. The first-order valence-electron chi connectivity index (χ1n) is 13.5. The van der Waals surface area contributed by atoms with Crippen LogP contribution in [0.25, 0.3) is 11.3 Å². The lowest BCUT2D eigenvalue weighted by molar-refractivity contribution is -0.123. The Balaban J connectivity index is 1.42. The van der Waals surface area contributed by atoms with Gasteiger partial charge in [0, 0.05) is 32.3 Å². The van der Waals surface area contributed by atoms with E-state index in [9.17, 15) is 24.5 Å². The third-order valence-corrected chi connectivity index (χ3v) is 8.58. The van der Waals surface area contributed by atoms with Crippen LogP contribution in [0.1, 0.15) is 67.1 Å². The van der Waals surface area contributed by atoms with E-state index in [2.05, 4.69) is 15.3 Å². The van der Waals surface area contributed by atoms with Crippen LogP contribution >= 0.6 is 0 Å². The van der Waals surface area contributed by atoms with E-state index in [-0.39, 0.29) is 55.6 Å². The number of ether oxygens (including phenoxy) is 1. The summed E-state index contributed by atoms with van der Waals surface area (Å²) in [6.07, 6.45) is 3.13. The number of nitrogens with zero attached hydrogens (tertiary/aromatic N) is 2. The number of amides is 1. The zero-order valence-electron chi connectivity index (χ0n) is 22.7. The van der Waals surface area contributed by atoms with Crippen molar-refractivity contribution in [1.29, 1.82) is 0 Å². The fraction of sp³-hybridized carbons (Fsp3) is 0.433. The summed E-state index contributed by atoms with van der Waals surface area (Å²) in [4.78, 5) is 21.2. The van der Waals surface area contributed by atoms with E-state index in [4.69, 9.17) is 4.74 Å². The van der Waals surface area contributed by atoms with Crippen molar-refractivity contribution in [3.05, 3.63) is 77.0 Å². The number of aliphatic hydroxyl groups excluding tert-OH is 1. The Bertz CT molecular complexity index is 1420. The van der Waals surface area contributed by atoms with Crippen LogP contribution < -0.4 is 5.32 Å². The number of aliphatic hydroxyl groups is 3. The van der Waals surface area contributed by atoms with Crippen LogP contribution in [-0.4, -0.2) is 56.1 Å². The van der Waals surface area contributed by atoms with Gasteiger partial charge in [-0.3, -0.25) is 9.78 Å². The molecule has 1 amide bonds. The van der Waals surface area contributed by atoms with E-state index in [0.29, 0.717) is 17.7 Å². The Hall–Kier alpha value is -3.38. The third kappa shape index (κ3) is 5.59. The SMILES string of the molecule is C[C@H]1C[C@@H](c2ccncc2NC(=O)c2ccc(F)c(-c3c(F)cc(C4(O)CCOCC4)cc3F)n2)C[C@@H](O)[C@]1(C)O. The maximum atomic E-state index is 15.2. The van der Waals surface area contributed by atoms with E-state index >= 15 is 8.78 Å². The van der Waals surface area contributed by atoms with Crippen molar-refractivity contribution in [3.63, 3.8) is 0 Å². The molecule has 218 valence electrons. The molecule has 0 spiro atoms. The van der Waals surface area contributed by atoms with Crippen molar-refractivity contribution in [2.45, 2.75) is 62.8 Å². The molecule has 3 heterocycles. The number of carbonyl (C=O) groups excluding carboxylic acids is 1. The summed E-state index contributed by atoms with van der Waals surface area (Å²) in [6, 6.07) is 5.62. The number of carbonyl (C=O) groups is 1. The van der Waals surface area contributed by atoms with Gasteiger partial charge >= 0.3 is 0 Å². The zero-order valence-corrected chi connectivity index (χ0v) is 22.7. The predicted octanol–water partition coefficient (Wildman–Crippen LogP) is 4.44. The highest BCUT2D eigenvalue weighted by Crippen LogP contribution is 2.43. The molecule has 2 aromatic heterocycles. The van der Waals surface area contributed by atoms with Crippen LogP contribution in [0.2, 0.25) is 0 Å². The van der Waals surface area contributed by atoms with Crippen molar-refractivity contribution < 1.29 is 38.0 Å². The van der Waals surface area contributed by atoms with Gasteiger partial charge in [-0.05, 0) is 73.1 Å². The van der Waals surface area contributed by atoms with Crippen LogP contribution in [0, 0.1) is 23.4 Å². The molecule has 5 rings (SSSR count). The van der Waals surface area contributed by atoms with Gasteiger partial charge in [0.15, 0.2) is 0 Å². The van der Waals surface area contributed by atoms with Crippen LogP contribution in [0.3, 0.4) is 0 Å². The standard InChI is InChI=1S/C30H32F3N3O5/c1-16-11-17(12-25(37)29(16,2)39)19-5-8-34-15-24(19)36-28(38)23-4-3-20(31)27(35-23)26-21(32)13-18(14-22(26)33)30(40)6-9-41-10-7-30/h3-5,8,13-17,25,37,39-40H,6-7,9-12H2,1-2H3,(H,36,38)/t16-,17+,25+,29+/m0/s1. The monoisotopic (exact) mass is 571 g/mol. The lowest BCUT2D eigenvalue weighted by Gasteiger charge is -2.43. The molecule has 4 N–H and O–H groups in total. The van der Waals surface area contributed by atoms with Gasteiger partial charge in [-0.25, -0.2) is 18.2 Å².